The highest BCUT2D eigenvalue weighted by atomic mass is 32.2. The molecular weight excluding hydrogens is 408 g/mol. The van der Waals surface area contributed by atoms with Crippen LogP contribution in [0.15, 0.2) is 63.2 Å². The van der Waals surface area contributed by atoms with E-state index in [1.54, 1.807) is 24.3 Å². The van der Waals surface area contributed by atoms with E-state index in [-0.39, 0.29) is 16.4 Å². The molecule has 10 heteroatoms. The molecule has 0 aliphatic carbocycles. The Balaban J connectivity index is 1.45. The summed E-state index contributed by atoms with van der Waals surface area (Å²) in [6.45, 7) is 0. The lowest BCUT2D eigenvalue weighted by molar-refractivity contribution is 0.182. The number of allylic oxidation sites excluding steroid dienone is 1. The molecule has 4 N–H and O–H groups in total. The first-order chi connectivity index (χ1) is 14.4. The highest BCUT2D eigenvalue weighted by Crippen LogP contribution is 2.26. The Bertz CT molecular complexity index is 1170. The number of ether oxygens (including phenoxy) is 1. The molecule has 0 saturated heterocycles. The van der Waals surface area contributed by atoms with Crippen molar-refractivity contribution in [1.82, 2.24) is 5.43 Å². The van der Waals surface area contributed by atoms with Crippen LogP contribution in [-0.2, 0) is 27.6 Å². The number of hydrogen-bond acceptors (Lipinski definition) is 8. The summed E-state index contributed by atoms with van der Waals surface area (Å²) in [6, 6.07) is 11.3. The summed E-state index contributed by atoms with van der Waals surface area (Å²) < 4.78 is 33.4. The molecule has 0 amide bonds. The van der Waals surface area contributed by atoms with Crippen molar-refractivity contribution in [3.05, 3.63) is 64.2 Å². The molecule has 0 fully saturated rings. The number of sulfonamides is 1. The number of aliphatic imine (C=N–C) groups is 1. The predicted molar refractivity (Wildman–Crippen MR) is 113 cm³/mol. The van der Waals surface area contributed by atoms with Gasteiger partial charge in [0.05, 0.1) is 11.9 Å². The maximum Gasteiger partial charge on any atom is 0.265 e. The molecule has 2 aliphatic rings. The molecule has 0 saturated carbocycles. The standard InChI is InChI=1S/C20H20N4O5S/c1-29-19-18-17(11-21-20(19)23-22-18)30(27,28)24-14-6-3-12(4-7-14)2-5-13-10-15(25)8-9-16(13)26/h3-4,6-11,19,22,24-26H,2,5H2,1H3. The van der Waals surface area contributed by atoms with E-state index >= 15 is 0 Å². The monoisotopic (exact) mass is 428 g/mol. The molecule has 30 heavy (non-hydrogen) atoms. The first kappa shape index (κ1) is 19.9. The fourth-order valence-corrected chi connectivity index (χ4v) is 4.47. The number of anilines is 1. The van der Waals surface area contributed by atoms with Gasteiger partial charge in [-0.25, -0.2) is 13.4 Å². The normalized spacial score (nSPS) is 17.6. The van der Waals surface area contributed by atoms with E-state index < -0.39 is 16.1 Å². The number of dihydropyridines is 1. The van der Waals surface area contributed by atoms with E-state index in [0.29, 0.717) is 35.6 Å². The van der Waals surface area contributed by atoms with Crippen molar-refractivity contribution >= 4 is 27.8 Å². The number of nitrogens with one attached hydrogen (secondary N) is 2. The number of phenols is 2. The average Bonchev–Trinajstić information content (AvgIpc) is 2.99. The number of methoxy groups -OCH3 is 1. The third-order valence-corrected chi connectivity index (χ3v) is 6.25. The van der Waals surface area contributed by atoms with E-state index in [9.17, 15) is 18.6 Å². The topological polar surface area (TPSA) is 133 Å². The minimum atomic E-state index is -3.89. The second-order valence-electron chi connectivity index (χ2n) is 6.85. The van der Waals surface area contributed by atoms with Crippen LogP contribution in [0.3, 0.4) is 0 Å². The van der Waals surface area contributed by atoms with Crippen molar-refractivity contribution in [3.63, 3.8) is 0 Å². The summed E-state index contributed by atoms with van der Waals surface area (Å²) >= 11 is 0. The summed E-state index contributed by atoms with van der Waals surface area (Å²) in [7, 11) is -2.43. The quantitative estimate of drug-likeness (QED) is 0.498. The lowest BCUT2D eigenvalue weighted by atomic mass is 10.0. The van der Waals surface area contributed by atoms with Crippen LogP contribution in [0.1, 0.15) is 11.1 Å². The van der Waals surface area contributed by atoms with Crippen molar-refractivity contribution in [2.45, 2.75) is 18.9 Å². The maximum atomic E-state index is 12.8. The van der Waals surface area contributed by atoms with Gasteiger partial charge in [-0.05, 0) is 54.3 Å². The molecule has 2 aromatic rings. The van der Waals surface area contributed by atoms with Crippen LogP contribution < -0.4 is 10.1 Å². The van der Waals surface area contributed by atoms with Gasteiger partial charge in [0.2, 0.25) is 0 Å². The number of nitrogens with zero attached hydrogens (tertiary/aromatic N) is 2. The molecule has 1 atom stereocenters. The molecule has 2 heterocycles. The van der Waals surface area contributed by atoms with Crippen LogP contribution in [0.5, 0.6) is 11.5 Å². The van der Waals surface area contributed by atoms with Gasteiger partial charge in [-0.3, -0.25) is 10.1 Å². The Hall–Kier alpha value is -3.37. The number of hydrogen-bond donors (Lipinski definition) is 4. The number of aryl methyl sites for hydroxylation is 2. The van der Waals surface area contributed by atoms with Gasteiger partial charge in [0.1, 0.15) is 16.4 Å². The zero-order valence-electron chi connectivity index (χ0n) is 16.0. The molecule has 2 bridgehead atoms. The van der Waals surface area contributed by atoms with Gasteiger partial charge in [0, 0.05) is 12.8 Å². The summed E-state index contributed by atoms with van der Waals surface area (Å²) in [5, 5.41) is 23.4. The fourth-order valence-electron chi connectivity index (χ4n) is 3.28. The maximum absolute atomic E-state index is 12.8. The van der Waals surface area contributed by atoms with E-state index in [2.05, 4.69) is 20.2 Å². The summed E-state index contributed by atoms with van der Waals surface area (Å²) in [4.78, 5) is 4.01. The summed E-state index contributed by atoms with van der Waals surface area (Å²) in [5.41, 5.74) is 5.00. The Morgan fingerprint density at radius 1 is 1.13 bits per heavy atom. The lowest BCUT2D eigenvalue weighted by Crippen LogP contribution is -2.30. The third kappa shape index (κ3) is 3.87. The number of aromatic hydroxyl groups is 2. The fraction of sp³-hybridized carbons (Fsp3) is 0.200. The largest absolute Gasteiger partial charge is 0.508 e. The minimum absolute atomic E-state index is 0.0252. The smallest absolute Gasteiger partial charge is 0.265 e. The Kier molecular flexibility index (Phi) is 5.18. The molecule has 2 aromatic carbocycles. The van der Waals surface area contributed by atoms with Crippen LogP contribution in [0.2, 0.25) is 0 Å². The number of phenolic OH excluding ortho intramolecular Hbond substituents is 2. The molecule has 156 valence electrons. The molecule has 0 spiro atoms. The van der Waals surface area contributed by atoms with Crippen molar-refractivity contribution < 1.29 is 23.4 Å². The molecule has 2 aliphatic heterocycles. The SMILES string of the molecule is COC1C2=NNC1=C(S(=O)(=O)Nc1ccc(CCc3cc(O)ccc3O)cc1)C=N2. The lowest BCUT2D eigenvalue weighted by Gasteiger charge is -2.17. The van der Waals surface area contributed by atoms with E-state index in [1.165, 1.54) is 31.5 Å². The number of amidine groups is 1. The van der Waals surface area contributed by atoms with Crippen LogP contribution in [0.4, 0.5) is 5.69 Å². The predicted octanol–water partition coefficient (Wildman–Crippen LogP) is 1.85. The van der Waals surface area contributed by atoms with Gasteiger partial charge in [0.25, 0.3) is 10.0 Å². The van der Waals surface area contributed by atoms with Crippen LogP contribution in [0.25, 0.3) is 0 Å². The zero-order valence-corrected chi connectivity index (χ0v) is 16.8. The van der Waals surface area contributed by atoms with E-state index in [4.69, 9.17) is 4.74 Å². The van der Waals surface area contributed by atoms with Crippen molar-refractivity contribution in [2.24, 2.45) is 10.1 Å². The first-order valence-corrected chi connectivity index (χ1v) is 10.6. The zero-order chi connectivity index (χ0) is 21.3. The molecule has 4 rings (SSSR count). The van der Waals surface area contributed by atoms with Gasteiger partial charge in [-0.15, -0.1) is 0 Å². The van der Waals surface area contributed by atoms with Crippen LogP contribution in [0, 0.1) is 0 Å². The second kappa shape index (κ2) is 7.81. The Labute approximate surface area is 173 Å². The van der Waals surface area contributed by atoms with Gasteiger partial charge in [-0.1, -0.05) is 12.1 Å². The summed E-state index contributed by atoms with van der Waals surface area (Å²) in [6.07, 6.45) is 1.77. The summed E-state index contributed by atoms with van der Waals surface area (Å²) in [5.74, 6) is 0.607. The average molecular weight is 428 g/mol. The minimum Gasteiger partial charge on any atom is -0.508 e. The van der Waals surface area contributed by atoms with E-state index in [0.717, 1.165) is 5.56 Å². The van der Waals surface area contributed by atoms with Crippen molar-refractivity contribution in [1.29, 1.82) is 0 Å². The van der Waals surface area contributed by atoms with E-state index in [1.807, 2.05) is 0 Å². The Morgan fingerprint density at radius 2 is 1.90 bits per heavy atom. The molecule has 0 radical (unpaired) electrons. The highest BCUT2D eigenvalue weighted by molar-refractivity contribution is 7.97. The molecular formula is C20H20N4O5S. The highest BCUT2D eigenvalue weighted by Gasteiger charge is 2.36. The van der Waals surface area contributed by atoms with Gasteiger partial charge >= 0.3 is 0 Å². The molecule has 1 unspecified atom stereocenters. The van der Waals surface area contributed by atoms with Crippen molar-refractivity contribution in [3.8, 4) is 11.5 Å². The number of fused-ring (bicyclic) bond motifs is 2. The third-order valence-electron chi connectivity index (χ3n) is 4.84. The molecule has 0 aromatic heterocycles. The second-order valence-corrected chi connectivity index (χ2v) is 8.50. The number of benzene rings is 2. The molecule has 9 nitrogen and oxygen atoms in total. The first-order valence-electron chi connectivity index (χ1n) is 9.14. The van der Waals surface area contributed by atoms with Gasteiger partial charge in [0.15, 0.2) is 11.9 Å². The number of rotatable bonds is 7. The van der Waals surface area contributed by atoms with Crippen molar-refractivity contribution in [2.75, 3.05) is 11.8 Å². The van der Waals surface area contributed by atoms with Crippen LogP contribution in [-0.4, -0.2) is 43.9 Å². The Morgan fingerprint density at radius 3 is 2.63 bits per heavy atom. The van der Waals surface area contributed by atoms with Gasteiger partial charge in [-0.2, -0.15) is 5.10 Å². The van der Waals surface area contributed by atoms with Crippen LogP contribution >= 0.6 is 0 Å². The van der Waals surface area contributed by atoms with Gasteiger partial charge < -0.3 is 14.9 Å². The number of hydrazone groups is 1.